The van der Waals surface area contributed by atoms with E-state index in [1.165, 1.54) is 0 Å². The van der Waals surface area contributed by atoms with E-state index in [9.17, 15) is 18.0 Å². The Morgan fingerprint density at radius 2 is 2.00 bits per heavy atom. The molecule has 0 unspecified atom stereocenters. The lowest BCUT2D eigenvalue weighted by atomic mass is 10.2. The van der Waals surface area contributed by atoms with Gasteiger partial charge in [-0.25, -0.2) is 0 Å². The number of rotatable bonds is 5. The van der Waals surface area contributed by atoms with E-state index < -0.39 is 11.7 Å². The first-order valence-corrected chi connectivity index (χ1v) is 5.00. The summed E-state index contributed by atoms with van der Waals surface area (Å²) in [6, 6.07) is 0. The number of nitrogens with one attached hydrogen (secondary N) is 2. The van der Waals surface area contributed by atoms with Crippen molar-refractivity contribution in [2.45, 2.75) is 37.9 Å². The smallest absolute Gasteiger partial charge is 0.356 e. The molecule has 2 N–H and O–H groups in total. The van der Waals surface area contributed by atoms with Crippen molar-refractivity contribution in [3.8, 4) is 0 Å². The van der Waals surface area contributed by atoms with E-state index in [-0.39, 0.29) is 31.7 Å². The van der Waals surface area contributed by atoms with Crippen molar-refractivity contribution in [2.75, 3.05) is 13.1 Å². The predicted molar refractivity (Wildman–Crippen MR) is 49.3 cm³/mol. The highest BCUT2D eigenvalue weighted by atomic mass is 19.4. The Morgan fingerprint density at radius 1 is 1.40 bits per heavy atom. The van der Waals surface area contributed by atoms with Gasteiger partial charge in [-0.15, -0.1) is 0 Å². The summed E-state index contributed by atoms with van der Waals surface area (Å²) in [5.41, 5.74) is -1.71. The minimum Gasteiger partial charge on any atom is -0.356 e. The van der Waals surface area contributed by atoms with Crippen LogP contribution in [0.2, 0.25) is 0 Å². The van der Waals surface area contributed by atoms with Gasteiger partial charge in [-0.1, -0.05) is 0 Å². The molecule has 1 aliphatic rings. The molecule has 0 aromatic rings. The van der Waals surface area contributed by atoms with Gasteiger partial charge in [0.25, 0.3) is 0 Å². The Hall–Kier alpha value is -0.780. The molecule has 3 nitrogen and oxygen atoms in total. The summed E-state index contributed by atoms with van der Waals surface area (Å²) >= 11 is 0. The zero-order valence-electron chi connectivity index (χ0n) is 8.58. The van der Waals surface area contributed by atoms with Crippen LogP contribution in [0.4, 0.5) is 13.2 Å². The quantitative estimate of drug-likeness (QED) is 0.736. The van der Waals surface area contributed by atoms with Gasteiger partial charge in [0, 0.05) is 19.5 Å². The van der Waals surface area contributed by atoms with Crippen LogP contribution in [-0.2, 0) is 4.79 Å². The standard InChI is InChI=1S/C9H15F3N2O/c1-2-13-7(15)3-6-14-8(4-5-8)9(10,11)12/h14H,2-6H2,1H3,(H,13,15). The average Bonchev–Trinajstić information content (AvgIpc) is 2.84. The summed E-state index contributed by atoms with van der Waals surface area (Å²) in [4.78, 5) is 11.0. The number of halogens is 3. The van der Waals surface area contributed by atoms with Crippen molar-refractivity contribution in [1.29, 1.82) is 0 Å². The van der Waals surface area contributed by atoms with Crippen LogP contribution in [0, 0.1) is 0 Å². The van der Waals surface area contributed by atoms with Gasteiger partial charge in [0.15, 0.2) is 0 Å². The lowest BCUT2D eigenvalue weighted by molar-refractivity contribution is -0.166. The summed E-state index contributed by atoms with van der Waals surface area (Å²) < 4.78 is 37.2. The first-order valence-electron chi connectivity index (χ1n) is 5.00. The van der Waals surface area contributed by atoms with Gasteiger partial charge < -0.3 is 10.6 Å². The molecule has 1 rings (SSSR count). The minimum atomic E-state index is -4.20. The first-order chi connectivity index (χ1) is 6.91. The molecule has 0 aliphatic heterocycles. The van der Waals surface area contributed by atoms with Crippen LogP contribution in [0.1, 0.15) is 26.2 Å². The Balaban J connectivity index is 2.24. The van der Waals surface area contributed by atoms with E-state index >= 15 is 0 Å². The van der Waals surface area contributed by atoms with Gasteiger partial charge in [-0.3, -0.25) is 4.79 Å². The first kappa shape index (κ1) is 12.3. The Labute approximate surface area is 86.4 Å². The second-order valence-corrected chi connectivity index (χ2v) is 3.71. The number of carbonyl (C=O) groups is 1. The molecular weight excluding hydrogens is 209 g/mol. The third kappa shape index (κ3) is 3.09. The summed E-state index contributed by atoms with van der Waals surface area (Å²) in [6.45, 7) is 2.35. The molecule has 0 heterocycles. The molecule has 6 heteroatoms. The molecule has 0 bridgehead atoms. The van der Waals surface area contributed by atoms with E-state index in [0.29, 0.717) is 6.54 Å². The largest absolute Gasteiger partial charge is 0.406 e. The van der Waals surface area contributed by atoms with E-state index in [0.717, 1.165) is 0 Å². The van der Waals surface area contributed by atoms with Gasteiger partial charge in [-0.2, -0.15) is 13.2 Å². The number of amides is 1. The van der Waals surface area contributed by atoms with Crippen molar-refractivity contribution in [1.82, 2.24) is 10.6 Å². The number of carbonyl (C=O) groups excluding carboxylic acids is 1. The van der Waals surface area contributed by atoms with Crippen LogP contribution >= 0.6 is 0 Å². The topological polar surface area (TPSA) is 41.1 Å². The van der Waals surface area contributed by atoms with Crippen molar-refractivity contribution in [3.63, 3.8) is 0 Å². The molecule has 1 aliphatic carbocycles. The second-order valence-electron chi connectivity index (χ2n) is 3.71. The number of alkyl halides is 3. The van der Waals surface area contributed by atoms with Crippen molar-refractivity contribution < 1.29 is 18.0 Å². The molecule has 0 spiro atoms. The van der Waals surface area contributed by atoms with Crippen LogP contribution in [0.5, 0.6) is 0 Å². The van der Waals surface area contributed by atoms with E-state index in [1.807, 2.05) is 0 Å². The molecule has 0 aromatic carbocycles. The van der Waals surface area contributed by atoms with Gasteiger partial charge in [-0.05, 0) is 19.8 Å². The Kier molecular flexibility index (Phi) is 3.59. The molecule has 88 valence electrons. The van der Waals surface area contributed by atoms with Gasteiger partial charge in [0.2, 0.25) is 5.91 Å². The van der Waals surface area contributed by atoms with Crippen LogP contribution < -0.4 is 10.6 Å². The SMILES string of the molecule is CCNC(=O)CCNC1(C(F)(F)F)CC1. The highest BCUT2D eigenvalue weighted by molar-refractivity contribution is 5.75. The summed E-state index contributed by atoms with van der Waals surface area (Å²) in [5.74, 6) is -0.219. The maximum atomic E-state index is 12.4. The van der Waals surface area contributed by atoms with Gasteiger partial charge >= 0.3 is 6.18 Å². The predicted octanol–water partition coefficient (Wildman–Crippen LogP) is 1.20. The number of hydrogen-bond acceptors (Lipinski definition) is 2. The molecule has 15 heavy (non-hydrogen) atoms. The van der Waals surface area contributed by atoms with Crippen LogP contribution in [-0.4, -0.2) is 30.7 Å². The zero-order valence-corrected chi connectivity index (χ0v) is 8.58. The van der Waals surface area contributed by atoms with Crippen LogP contribution in [0.25, 0.3) is 0 Å². The molecule has 0 aromatic heterocycles. The van der Waals surface area contributed by atoms with Crippen LogP contribution in [0.3, 0.4) is 0 Å². The molecule has 1 saturated carbocycles. The monoisotopic (exact) mass is 224 g/mol. The zero-order chi connectivity index (χ0) is 11.5. The fraction of sp³-hybridized carbons (Fsp3) is 0.889. The van der Waals surface area contributed by atoms with Gasteiger partial charge in [0.05, 0.1) is 0 Å². The van der Waals surface area contributed by atoms with Crippen molar-refractivity contribution in [3.05, 3.63) is 0 Å². The average molecular weight is 224 g/mol. The third-order valence-electron chi connectivity index (χ3n) is 2.48. The minimum absolute atomic E-state index is 0.0747. The lowest BCUT2D eigenvalue weighted by Gasteiger charge is -2.20. The summed E-state index contributed by atoms with van der Waals surface area (Å²) in [6.07, 6.45) is -3.88. The maximum absolute atomic E-state index is 12.4. The van der Waals surface area contributed by atoms with Crippen molar-refractivity contribution in [2.24, 2.45) is 0 Å². The summed E-state index contributed by atoms with van der Waals surface area (Å²) in [5, 5.41) is 4.94. The highest BCUT2D eigenvalue weighted by Gasteiger charge is 2.62. The van der Waals surface area contributed by atoms with E-state index in [1.54, 1.807) is 6.92 Å². The van der Waals surface area contributed by atoms with Gasteiger partial charge in [0.1, 0.15) is 5.54 Å². The molecule has 1 fully saturated rings. The lowest BCUT2D eigenvalue weighted by Crippen LogP contribution is -2.46. The maximum Gasteiger partial charge on any atom is 0.406 e. The molecule has 0 atom stereocenters. The molecule has 0 radical (unpaired) electrons. The third-order valence-corrected chi connectivity index (χ3v) is 2.48. The van der Waals surface area contributed by atoms with Crippen LogP contribution in [0.15, 0.2) is 0 Å². The normalized spacial score (nSPS) is 18.7. The Bertz CT molecular complexity index is 236. The summed E-state index contributed by atoms with van der Waals surface area (Å²) in [7, 11) is 0. The molecular formula is C9H15F3N2O. The highest BCUT2D eigenvalue weighted by Crippen LogP contribution is 2.48. The fourth-order valence-corrected chi connectivity index (χ4v) is 1.39. The molecule has 1 amide bonds. The second kappa shape index (κ2) is 4.38. The van der Waals surface area contributed by atoms with Crippen molar-refractivity contribution >= 4 is 5.91 Å². The van der Waals surface area contributed by atoms with E-state index in [4.69, 9.17) is 0 Å². The fourth-order valence-electron chi connectivity index (χ4n) is 1.39. The van der Waals surface area contributed by atoms with E-state index in [2.05, 4.69) is 10.6 Å². The number of hydrogen-bond donors (Lipinski definition) is 2. The molecule has 0 saturated heterocycles. The Morgan fingerprint density at radius 3 is 2.40 bits per heavy atom.